The van der Waals surface area contributed by atoms with Gasteiger partial charge in [-0.05, 0) is 54.5 Å². The zero-order valence-electron chi connectivity index (χ0n) is 16.8. The van der Waals surface area contributed by atoms with Gasteiger partial charge in [-0.25, -0.2) is 0 Å². The van der Waals surface area contributed by atoms with Crippen molar-refractivity contribution < 1.29 is 9.53 Å². The van der Waals surface area contributed by atoms with Gasteiger partial charge in [0.15, 0.2) is 4.77 Å². The van der Waals surface area contributed by atoms with Crippen molar-refractivity contribution in [3.05, 3.63) is 68.2 Å². The molecule has 0 aliphatic carbocycles. The highest BCUT2D eigenvalue weighted by Gasteiger charge is 2.13. The fourth-order valence-corrected chi connectivity index (χ4v) is 3.88. The molecule has 4 rings (SSSR count). The zero-order chi connectivity index (χ0) is 22.0. The van der Waals surface area contributed by atoms with Gasteiger partial charge in [0.25, 0.3) is 5.56 Å². The van der Waals surface area contributed by atoms with Gasteiger partial charge in [0, 0.05) is 35.4 Å². The molecule has 0 aliphatic rings. The fraction of sp³-hybridized carbons (Fsp3) is 0.227. The zero-order valence-corrected chi connectivity index (χ0v) is 18.4. The molecular formula is C22H21ClN4O3S. The van der Waals surface area contributed by atoms with E-state index in [9.17, 15) is 9.59 Å². The summed E-state index contributed by atoms with van der Waals surface area (Å²) in [5, 5.41) is 4.37. The van der Waals surface area contributed by atoms with Gasteiger partial charge in [-0.15, -0.1) is 0 Å². The van der Waals surface area contributed by atoms with Crippen LogP contribution in [-0.2, 0) is 17.9 Å². The predicted octanol–water partition coefficient (Wildman–Crippen LogP) is 4.30. The molecule has 2 aromatic carbocycles. The number of hydrogen-bond donors (Lipinski definition) is 3. The van der Waals surface area contributed by atoms with Crippen LogP contribution in [0, 0.1) is 4.77 Å². The van der Waals surface area contributed by atoms with Crippen LogP contribution in [0.2, 0.25) is 5.02 Å². The number of H-pyrrole nitrogens is 2. The smallest absolute Gasteiger partial charge is 0.278 e. The fourth-order valence-electron chi connectivity index (χ4n) is 3.48. The number of aromatic amines is 2. The minimum atomic E-state index is -0.213. The third-order valence-electron chi connectivity index (χ3n) is 5.13. The first-order chi connectivity index (χ1) is 15.0. The number of carbonyl (C=O) groups is 1. The topological polar surface area (TPSA) is 91.9 Å². The monoisotopic (exact) mass is 456 g/mol. The Balaban J connectivity index is 1.45. The second-order valence-electron chi connectivity index (χ2n) is 7.18. The molecule has 0 spiro atoms. The van der Waals surface area contributed by atoms with Crippen LogP contribution in [0.25, 0.3) is 21.9 Å². The Labute approximate surface area is 188 Å². The number of halogens is 1. The van der Waals surface area contributed by atoms with Gasteiger partial charge in [-0.2, -0.15) is 0 Å². The van der Waals surface area contributed by atoms with E-state index in [1.54, 1.807) is 19.2 Å². The largest absolute Gasteiger partial charge is 0.497 e. The number of carbonyl (C=O) groups excluding carboxylic acids is 1. The molecule has 2 heterocycles. The molecule has 0 saturated carbocycles. The molecule has 1 amide bonds. The summed E-state index contributed by atoms with van der Waals surface area (Å²) in [5.41, 5.74) is 2.68. The van der Waals surface area contributed by atoms with Crippen LogP contribution in [-0.4, -0.2) is 27.6 Å². The SMILES string of the molecule is COc1ccc2[nH]c3c(=O)n(CCCC(=O)NCc4ccc(Cl)cc4)c(=S)[nH]c3c2c1. The maximum Gasteiger partial charge on any atom is 0.278 e. The molecule has 9 heteroatoms. The molecule has 0 bridgehead atoms. The maximum absolute atomic E-state index is 13.0. The van der Waals surface area contributed by atoms with Crippen LogP contribution in [0.1, 0.15) is 18.4 Å². The lowest BCUT2D eigenvalue weighted by atomic mass is 10.2. The summed E-state index contributed by atoms with van der Waals surface area (Å²) in [6.07, 6.45) is 0.778. The summed E-state index contributed by atoms with van der Waals surface area (Å²) < 4.78 is 7.08. The van der Waals surface area contributed by atoms with Gasteiger partial charge in [0.1, 0.15) is 11.3 Å². The summed E-state index contributed by atoms with van der Waals surface area (Å²) >= 11 is 11.3. The molecule has 4 aromatic rings. The molecule has 0 unspecified atom stereocenters. The quantitative estimate of drug-likeness (QED) is 0.361. The second kappa shape index (κ2) is 8.95. The third kappa shape index (κ3) is 4.50. The van der Waals surface area contributed by atoms with Crippen LogP contribution in [0.4, 0.5) is 0 Å². The van der Waals surface area contributed by atoms with Crippen molar-refractivity contribution in [3.8, 4) is 5.75 Å². The van der Waals surface area contributed by atoms with Gasteiger partial charge >= 0.3 is 0 Å². The lowest BCUT2D eigenvalue weighted by Crippen LogP contribution is -2.25. The Morgan fingerprint density at radius 3 is 2.68 bits per heavy atom. The number of rotatable bonds is 7. The molecule has 31 heavy (non-hydrogen) atoms. The Hall–Kier alpha value is -3.10. The highest BCUT2D eigenvalue weighted by atomic mass is 35.5. The molecule has 0 aliphatic heterocycles. The first-order valence-corrected chi connectivity index (χ1v) is 10.6. The van der Waals surface area contributed by atoms with E-state index in [0.29, 0.717) is 46.1 Å². The number of nitrogens with one attached hydrogen (secondary N) is 3. The van der Waals surface area contributed by atoms with Crippen molar-refractivity contribution >= 4 is 51.7 Å². The van der Waals surface area contributed by atoms with Crippen molar-refractivity contribution in [2.45, 2.75) is 25.9 Å². The highest BCUT2D eigenvalue weighted by Crippen LogP contribution is 2.25. The minimum absolute atomic E-state index is 0.0864. The van der Waals surface area contributed by atoms with Gasteiger partial charge in [0.05, 0.1) is 12.6 Å². The van der Waals surface area contributed by atoms with Crippen molar-refractivity contribution in [1.82, 2.24) is 19.9 Å². The number of nitrogens with zero attached hydrogens (tertiary/aromatic N) is 1. The average Bonchev–Trinajstić information content (AvgIpc) is 3.13. The Bertz CT molecular complexity index is 1370. The van der Waals surface area contributed by atoms with Crippen molar-refractivity contribution in [3.63, 3.8) is 0 Å². The molecule has 7 nitrogen and oxygen atoms in total. The molecule has 2 aromatic heterocycles. The summed E-state index contributed by atoms with van der Waals surface area (Å²) in [5.74, 6) is 0.609. The van der Waals surface area contributed by atoms with E-state index in [1.165, 1.54) is 4.57 Å². The van der Waals surface area contributed by atoms with E-state index in [1.807, 2.05) is 30.3 Å². The van der Waals surface area contributed by atoms with Crippen LogP contribution in [0.5, 0.6) is 5.75 Å². The molecule has 0 radical (unpaired) electrons. The van der Waals surface area contributed by atoms with E-state index in [-0.39, 0.29) is 17.9 Å². The average molecular weight is 457 g/mol. The molecule has 3 N–H and O–H groups in total. The molecule has 160 valence electrons. The third-order valence-corrected chi connectivity index (χ3v) is 5.70. The molecular weight excluding hydrogens is 436 g/mol. The Morgan fingerprint density at radius 2 is 1.94 bits per heavy atom. The number of aromatic nitrogens is 3. The Morgan fingerprint density at radius 1 is 1.16 bits per heavy atom. The maximum atomic E-state index is 13.0. The number of ether oxygens (including phenoxy) is 1. The van der Waals surface area contributed by atoms with E-state index in [0.717, 1.165) is 16.5 Å². The number of benzene rings is 2. The number of methoxy groups -OCH3 is 1. The first-order valence-electron chi connectivity index (χ1n) is 9.80. The summed E-state index contributed by atoms with van der Waals surface area (Å²) in [6.45, 7) is 0.775. The van der Waals surface area contributed by atoms with Gasteiger partial charge in [0.2, 0.25) is 5.91 Å². The van der Waals surface area contributed by atoms with Crippen LogP contribution in [0.3, 0.4) is 0 Å². The standard InChI is InChI=1S/C22H21ClN4O3S/c1-30-15-8-9-17-16(11-15)19-20(25-17)21(29)27(22(31)26-19)10-2-3-18(28)24-12-13-4-6-14(23)7-5-13/h4-9,11,25H,2-3,10,12H2,1H3,(H,24,28)(H,26,31). The molecule has 0 atom stereocenters. The summed E-state index contributed by atoms with van der Waals surface area (Å²) in [6, 6.07) is 12.8. The van der Waals surface area contributed by atoms with Crippen molar-refractivity contribution in [2.24, 2.45) is 0 Å². The van der Waals surface area contributed by atoms with Crippen LogP contribution in [0.15, 0.2) is 47.3 Å². The van der Waals surface area contributed by atoms with E-state index >= 15 is 0 Å². The van der Waals surface area contributed by atoms with Crippen LogP contribution >= 0.6 is 23.8 Å². The van der Waals surface area contributed by atoms with E-state index in [4.69, 9.17) is 28.6 Å². The predicted molar refractivity (Wildman–Crippen MR) is 124 cm³/mol. The number of amides is 1. The van der Waals surface area contributed by atoms with Gasteiger partial charge in [-0.3, -0.25) is 14.2 Å². The van der Waals surface area contributed by atoms with Gasteiger partial charge < -0.3 is 20.0 Å². The minimum Gasteiger partial charge on any atom is -0.497 e. The van der Waals surface area contributed by atoms with Crippen molar-refractivity contribution in [2.75, 3.05) is 7.11 Å². The molecule has 0 saturated heterocycles. The lowest BCUT2D eigenvalue weighted by Gasteiger charge is -2.08. The van der Waals surface area contributed by atoms with Gasteiger partial charge in [-0.1, -0.05) is 23.7 Å². The highest BCUT2D eigenvalue weighted by molar-refractivity contribution is 7.71. The van der Waals surface area contributed by atoms with Crippen LogP contribution < -0.4 is 15.6 Å². The molecule has 0 fully saturated rings. The van der Waals surface area contributed by atoms with E-state index < -0.39 is 0 Å². The first kappa shape index (κ1) is 21.1. The van der Waals surface area contributed by atoms with Crippen molar-refractivity contribution in [1.29, 1.82) is 0 Å². The second-order valence-corrected chi connectivity index (χ2v) is 8.00. The number of hydrogen-bond acceptors (Lipinski definition) is 4. The summed E-state index contributed by atoms with van der Waals surface area (Å²) in [7, 11) is 1.59. The Kier molecular flexibility index (Phi) is 6.11. The van der Waals surface area contributed by atoms with E-state index in [2.05, 4.69) is 15.3 Å². The normalized spacial score (nSPS) is 11.2. The lowest BCUT2D eigenvalue weighted by molar-refractivity contribution is -0.121. The number of fused-ring (bicyclic) bond motifs is 3. The summed E-state index contributed by atoms with van der Waals surface area (Å²) in [4.78, 5) is 31.4.